The fourth-order valence-electron chi connectivity index (χ4n) is 3.71. The molecule has 2 aliphatic rings. The van der Waals surface area contributed by atoms with E-state index in [9.17, 15) is 9.59 Å². The molecule has 160 valence electrons. The molecule has 1 aromatic rings. The van der Waals surface area contributed by atoms with Crippen LogP contribution in [0.3, 0.4) is 0 Å². The van der Waals surface area contributed by atoms with Crippen LogP contribution in [-0.4, -0.2) is 68.3 Å². The van der Waals surface area contributed by atoms with Crippen molar-refractivity contribution in [2.24, 2.45) is 5.92 Å². The monoisotopic (exact) mass is 422 g/mol. The largest absolute Gasteiger partial charge is 0.376 e. The summed E-state index contributed by atoms with van der Waals surface area (Å²) in [7, 11) is 0. The first kappa shape index (κ1) is 21.7. The highest BCUT2D eigenvalue weighted by Gasteiger charge is 2.29. The van der Waals surface area contributed by atoms with Crippen molar-refractivity contribution in [1.82, 2.24) is 15.5 Å². The van der Waals surface area contributed by atoms with Crippen LogP contribution in [0.4, 0.5) is 10.5 Å². The van der Waals surface area contributed by atoms with Crippen molar-refractivity contribution in [3.05, 3.63) is 29.3 Å². The third-order valence-electron chi connectivity index (χ3n) is 5.51. The lowest BCUT2D eigenvalue weighted by atomic mass is 10.0. The molecular formula is C21H31ClN4O3. The van der Waals surface area contributed by atoms with Crippen LogP contribution < -0.4 is 15.5 Å². The van der Waals surface area contributed by atoms with Gasteiger partial charge in [0.1, 0.15) is 6.04 Å². The number of hydrogen-bond acceptors (Lipinski definition) is 4. The van der Waals surface area contributed by atoms with Crippen LogP contribution in [0.15, 0.2) is 24.3 Å². The number of nitrogens with zero attached hydrogens (tertiary/aromatic N) is 2. The van der Waals surface area contributed by atoms with Gasteiger partial charge in [0.25, 0.3) is 0 Å². The number of halogens is 1. The molecule has 29 heavy (non-hydrogen) atoms. The van der Waals surface area contributed by atoms with Crippen molar-refractivity contribution >= 4 is 29.2 Å². The van der Waals surface area contributed by atoms with Gasteiger partial charge in [-0.15, -0.1) is 0 Å². The van der Waals surface area contributed by atoms with E-state index in [4.69, 9.17) is 16.3 Å². The standard InChI is InChI=1S/C21H31ClN4O3/c1-15(2)19(20(27)23-14-18-4-3-13-29-18)24-21(28)26-11-9-25(10-12-26)17-7-5-16(22)6-8-17/h5-8,15,18-19H,3-4,9-14H2,1-2H3,(H,23,27)(H,24,28)/t18-,19+/m0/s1. The van der Waals surface area contributed by atoms with Crippen LogP contribution in [-0.2, 0) is 9.53 Å². The summed E-state index contributed by atoms with van der Waals surface area (Å²) in [5.41, 5.74) is 1.10. The minimum atomic E-state index is -0.557. The van der Waals surface area contributed by atoms with Crippen LogP contribution in [0.25, 0.3) is 0 Å². The number of rotatable bonds is 6. The lowest BCUT2D eigenvalue weighted by Gasteiger charge is -2.37. The summed E-state index contributed by atoms with van der Waals surface area (Å²) in [4.78, 5) is 29.3. The number of carbonyl (C=O) groups excluding carboxylic acids is 2. The summed E-state index contributed by atoms with van der Waals surface area (Å²) in [6.45, 7) is 7.83. The molecule has 3 rings (SSSR count). The first-order chi connectivity index (χ1) is 13.9. The van der Waals surface area contributed by atoms with E-state index in [1.165, 1.54) is 0 Å². The molecule has 3 amide bonds. The second-order valence-electron chi connectivity index (χ2n) is 8.00. The third kappa shape index (κ3) is 6.00. The first-order valence-corrected chi connectivity index (χ1v) is 10.8. The first-order valence-electron chi connectivity index (χ1n) is 10.4. The molecule has 0 radical (unpaired) electrons. The van der Waals surface area contributed by atoms with Gasteiger partial charge < -0.3 is 25.2 Å². The van der Waals surface area contributed by atoms with Gasteiger partial charge in [0.15, 0.2) is 0 Å². The average molecular weight is 423 g/mol. The Morgan fingerprint density at radius 2 is 1.86 bits per heavy atom. The Kier molecular flexibility index (Phi) is 7.61. The fourth-order valence-corrected chi connectivity index (χ4v) is 3.83. The molecule has 0 bridgehead atoms. The predicted octanol–water partition coefficient (Wildman–Crippen LogP) is 2.49. The summed E-state index contributed by atoms with van der Waals surface area (Å²) >= 11 is 5.95. The molecule has 2 fully saturated rings. The Labute approximate surface area is 177 Å². The molecular weight excluding hydrogens is 392 g/mol. The summed E-state index contributed by atoms with van der Waals surface area (Å²) < 4.78 is 5.55. The molecule has 2 N–H and O–H groups in total. The molecule has 0 spiro atoms. The Morgan fingerprint density at radius 1 is 1.17 bits per heavy atom. The lowest BCUT2D eigenvalue weighted by molar-refractivity contribution is -0.124. The van der Waals surface area contributed by atoms with E-state index in [1.54, 1.807) is 4.90 Å². The number of urea groups is 1. The smallest absolute Gasteiger partial charge is 0.318 e. The minimum Gasteiger partial charge on any atom is -0.376 e. The Hall–Kier alpha value is -1.99. The fraction of sp³-hybridized carbons (Fsp3) is 0.619. The number of anilines is 1. The molecule has 2 aliphatic heterocycles. The van der Waals surface area contributed by atoms with Gasteiger partial charge in [0.2, 0.25) is 5.91 Å². The summed E-state index contributed by atoms with van der Waals surface area (Å²) in [6.07, 6.45) is 2.09. The summed E-state index contributed by atoms with van der Waals surface area (Å²) in [6, 6.07) is 6.98. The summed E-state index contributed by atoms with van der Waals surface area (Å²) in [5.74, 6) is -0.151. The lowest BCUT2D eigenvalue weighted by Crippen LogP contribution is -2.57. The van der Waals surface area contributed by atoms with Crippen LogP contribution >= 0.6 is 11.6 Å². The predicted molar refractivity (Wildman–Crippen MR) is 114 cm³/mol. The number of benzene rings is 1. The number of ether oxygens (including phenoxy) is 1. The van der Waals surface area contributed by atoms with E-state index in [1.807, 2.05) is 38.1 Å². The Morgan fingerprint density at radius 3 is 2.45 bits per heavy atom. The second kappa shape index (κ2) is 10.2. The molecule has 2 atom stereocenters. The van der Waals surface area contributed by atoms with E-state index in [0.29, 0.717) is 24.7 Å². The molecule has 1 aromatic carbocycles. The van der Waals surface area contributed by atoms with E-state index in [0.717, 1.165) is 38.2 Å². The van der Waals surface area contributed by atoms with E-state index in [2.05, 4.69) is 15.5 Å². The minimum absolute atomic E-state index is 0.00111. The van der Waals surface area contributed by atoms with Crippen molar-refractivity contribution in [2.45, 2.75) is 38.8 Å². The zero-order valence-corrected chi connectivity index (χ0v) is 18.0. The molecule has 0 unspecified atom stereocenters. The highest BCUT2D eigenvalue weighted by atomic mass is 35.5. The maximum absolute atomic E-state index is 12.7. The molecule has 2 saturated heterocycles. The SMILES string of the molecule is CC(C)[C@@H](NC(=O)N1CCN(c2ccc(Cl)cc2)CC1)C(=O)NC[C@@H]1CCCO1. The van der Waals surface area contributed by atoms with E-state index in [-0.39, 0.29) is 24.0 Å². The number of hydrogen-bond donors (Lipinski definition) is 2. The van der Waals surface area contributed by atoms with Gasteiger partial charge in [-0.25, -0.2) is 4.79 Å². The molecule has 8 heteroatoms. The zero-order chi connectivity index (χ0) is 20.8. The highest BCUT2D eigenvalue weighted by Crippen LogP contribution is 2.19. The van der Waals surface area contributed by atoms with Crippen molar-refractivity contribution in [3.8, 4) is 0 Å². The van der Waals surface area contributed by atoms with Crippen molar-refractivity contribution < 1.29 is 14.3 Å². The second-order valence-corrected chi connectivity index (χ2v) is 8.44. The van der Waals surface area contributed by atoms with Gasteiger partial charge in [-0.1, -0.05) is 25.4 Å². The molecule has 7 nitrogen and oxygen atoms in total. The highest BCUT2D eigenvalue weighted by molar-refractivity contribution is 6.30. The van der Waals surface area contributed by atoms with Crippen LogP contribution in [0.2, 0.25) is 5.02 Å². The van der Waals surface area contributed by atoms with Gasteiger partial charge in [0.05, 0.1) is 6.10 Å². The van der Waals surface area contributed by atoms with Gasteiger partial charge in [0, 0.05) is 50.0 Å². The van der Waals surface area contributed by atoms with Crippen LogP contribution in [0, 0.1) is 5.92 Å². The van der Waals surface area contributed by atoms with E-state index < -0.39 is 6.04 Å². The van der Waals surface area contributed by atoms with Gasteiger partial charge >= 0.3 is 6.03 Å². The number of nitrogens with one attached hydrogen (secondary N) is 2. The maximum atomic E-state index is 12.7. The van der Waals surface area contributed by atoms with E-state index >= 15 is 0 Å². The van der Waals surface area contributed by atoms with Gasteiger partial charge in [-0.2, -0.15) is 0 Å². The molecule has 0 aromatic heterocycles. The number of amides is 3. The molecule has 0 saturated carbocycles. The number of piperazine rings is 1. The van der Waals surface area contributed by atoms with Crippen LogP contribution in [0.1, 0.15) is 26.7 Å². The Balaban J connectivity index is 1.48. The normalized spacial score (nSPS) is 20.6. The van der Waals surface area contributed by atoms with Gasteiger partial charge in [-0.3, -0.25) is 4.79 Å². The summed E-state index contributed by atoms with van der Waals surface area (Å²) in [5, 5.41) is 6.57. The van der Waals surface area contributed by atoms with Crippen molar-refractivity contribution in [1.29, 1.82) is 0 Å². The topological polar surface area (TPSA) is 73.9 Å². The Bertz CT molecular complexity index is 684. The van der Waals surface area contributed by atoms with Gasteiger partial charge in [-0.05, 0) is 43.0 Å². The molecule has 0 aliphatic carbocycles. The quantitative estimate of drug-likeness (QED) is 0.738. The number of carbonyl (C=O) groups is 2. The maximum Gasteiger partial charge on any atom is 0.318 e. The average Bonchev–Trinajstić information content (AvgIpc) is 3.24. The molecule has 2 heterocycles. The van der Waals surface area contributed by atoms with Crippen molar-refractivity contribution in [2.75, 3.05) is 44.2 Å². The zero-order valence-electron chi connectivity index (χ0n) is 17.2. The third-order valence-corrected chi connectivity index (χ3v) is 5.77. The van der Waals surface area contributed by atoms with Crippen LogP contribution in [0.5, 0.6) is 0 Å². The van der Waals surface area contributed by atoms with Crippen molar-refractivity contribution in [3.63, 3.8) is 0 Å².